The van der Waals surface area contributed by atoms with Crippen LogP contribution >= 0.6 is 23.1 Å². The number of amidine groups is 1. The number of rotatable bonds is 4. The number of nitrogens with one attached hydrogen (secondary N) is 1. The number of carbonyl (C=O) groups excluding carboxylic acids is 2. The highest BCUT2D eigenvalue weighted by molar-refractivity contribution is 8.18. The summed E-state index contributed by atoms with van der Waals surface area (Å²) in [6, 6.07) is 12.0. The molecule has 1 fully saturated rings. The molecule has 9 heteroatoms. The normalized spacial score (nSPS) is 15.9. The van der Waals surface area contributed by atoms with Crippen molar-refractivity contribution in [2.75, 3.05) is 4.90 Å². The molecular weight excluding hydrogens is 447 g/mol. The van der Waals surface area contributed by atoms with Crippen molar-refractivity contribution in [3.05, 3.63) is 75.4 Å². The number of para-hydroxylation sites is 1. The second-order valence-corrected chi connectivity index (χ2v) is 9.00. The van der Waals surface area contributed by atoms with E-state index in [1.54, 1.807) is 23.6 Å². The third-order valence-corrected chi connectivity index (χ3v) is 6.38. The van der Waals surface area contributed by atoms with E-state index in [1.807, 2.05) is 32.0 Å². The summed E-state index contributed by atoms with van der Waals surface area (Å²) in [4.78, 5) is 35.3. The van der Waals surface area contributed by atoms with Gasteiger partial charge < -0.3 is 5.32 Å². The number of aromatic nitrogens is 1. The van der Waals surface area contributed by atoms with Crippen molar-refractivity contribution in [1.29, 1.82) is 0 Å². The number of thioether (sulfide) groups is 1. The van der Waals surface area contributed by atoms with Crippen LogP contribution in [0.5, 0.6) is 0 Å². The van der Waals surface area contributed by atoms with Gasteiger partial charge in [0.2, 0.25) is 5.91 Å². The maximum Gasteiger partial charge on any atom is 0.264 e. The van der Waals surface area contributed by atoms with Crippen molar-refractivity contribution in [3.8, 4) is 0 Å². The lowest BCUT2D eigenvalue weighted by Crippen LogP contribution is -2.23. The van der Waals surface area contributed by atoms with Gasteiger partial charge in [-0.3, -0.25) is 14.5 Å². The molecule has 0 aliphatic carbocycles. The Balaban J connectivity index is 1.59. The minimum atomic E-state index is -0.518. The van der Waals surface area contributed by atoms with E-state index in [2.05, 4.69) is 15.3 Å². The lowest BCUT2D eigenvalue weighted by molar-refractivity contribution is -0.116. The molecule has 0 spiro atoms. The van der Waals surface area contributed by atoms with Crippen LogP contribution in [-0.2, 0) is 9.59 Å². The number of amides is 2. The summed E-state index contributed by atoms with van der Waals surface area (Å²) < 4.78 is 14.2. The highest BCUT2D eigenvalue weighted by Gasteiger charge is 2.25. The summed E-state index contributed by atoms with van der Waals surface area (Å²) in [7, 11) is 0. The molecular formula is C23H19FN4O2S2. The van der Waals surface area contributed by atoms with Gasteiger partial charge in [-0.25, -0.2) is 14.4 Å². The molecule has 0 atom stereocenters. The van der Waals surface area contributed by atoms with Gasteiger partial charge in [-0.05, 0) is 61.0 Å². The van der Waals surface area contributed by atoms with Gasteiger partial charge in [-0.2, -0.15) is 0 Å². The predicted molar refractivity (Wildman–Crippen MR) is 128 cm³/mol. The zero-order valence-electron chi connectivity index (χ0n) is 17.5. The van der Waals surface area contributed by atoms with Gasteiger partial charge in [-0.1, -0.05) is 24.3 Å². The molecule has 32 heavy (non-hydrogen) atoms. The molecule has 1 aliphatic rings. The lowest BCUT2D eigenvalue weighted by Gasteiger charge is -2.18. The second kappa shape index (κ2) is 9.05. The van der Waals surface area contributed by atoms with Crippen LogP contribution in [-0.4, -0.2) is 22.0 Å². The quantitative estimate of drug-likeness (QED) is 0.517. The molecule has 0 unspecified atom stereocenters. The van der Waals surface area contributed by atoms with Crippen molar-refractivity contribution in [2.45, 2.75) is 20.8 Å². The number of aliphatic imine (C=N–C) groups is 1. The standard InChI is InChI=1S/C23H19FN4O2S2/c1-13-8-9-14(2)18(10-13)26-22-27-21(30)20(32-22)11-16-12-31-23(25-16)28(15(3)29)19-7-5-4-6-17(19)24/h4-12H,1-3H3,(H,26,27,30)/b20-11-. The molecule has 2 amide bonds. The second-order valence-electron chi connectivity index (χ2n) is 7.13. The third kappa shape index (κ3) is 4.63. The molecule has 1 N–H and O–H groups in total. The van der Waals surface area contributed by atoms with Gasteiger partial charge >= 0.3 is 0 Å². The van der Waals surface area contributed by atoms with Crippen molar-refractivity contribution >= 4 is 62.7 Å². The van der Waals surface area contributed by atoms with Gasteiger partial charge in [0, 0.05) is 12.3 Å². The Hall–Kier alpha value is -3.30. The molecule has 1 aromatic heterocycles. The SMILES string of the molecule is CC(=O)N(c1nc(/C=C2\SC(=Nc3cc(C)ccc3C)NC2=O)cs1)c1ccccc1F. The Morgan fingerprint density at radius 3 is 2.75 bits per heavy atom. The molecule has 2 aromatic carbocycles. The molecule has 6 nitrogen and oxygen atoms in total. The summed E-state index contributed by atoms with van der Waals surface area (Å²) in [5.74, 6) is -1.15. The molecule has 1 saturated heterocycles. The number of hydrogen-bond acceptors (Lipinski definition) is 6. The van der Waals surface area contributed by atoms with Crippen molar-refractivity contribution in [2.24, 2.45) is 4.99 Å². The average molecular weight is 467 g/mol. The lowest BCUT2D eigenvalue weighted by atomic mass is 10.1. The largest absolute Gasteiger partial charge is 0.300 e. The fourth-order valence-corrected chi connectivity index (χ4v) is 4.71. The molecule has 0 bridgehead atoms. The smallest absolute Gasteiger partial charge is 0.264 e. The van der Waals surface area contributed by atoms with E-state index in [0.717, 1.165) is 16.8 Å². The minimum absolute atomic E-state index is 0.129. The summed E-state index contributed by atoms with van der Waals surface area (Å²) in [5, 5.41) is 5.29. The fourth-order valence-electron chi connectivity index (χ4n) is 3.05. The maximum atomic E-state index is 14.2. The Bertz CT molecular complexity index is 1280. The summed E-state index contributed by atoms with van der Waals surface area (Å²) >= 11 is 2.41. The number of hydrogen-bond donors (Lipinski definition) is 1. The fraction of sp³-hybridized carbons (Fsp3) is 0.130. The Morgan fingerprint density at radius 2 is 2.00 bits per heavy atom. The van der Waals surface area contributed by atoms with Crippen LogP contribution < -0.4 is 10.2 Å². The highest BCUT2D eigenvalue weighted by Crippen LogP contribution is 2.33. The zero-order chi connectivity index (χ0) is 22.8. The molecule has 0 radical (unpaired) electrons. The van der Waals surface area contributed by atoms with Gasteiger partial charge in [0.15, 0.2) is 10.3 Å². The number of benzene rings is 2. The molecule has 1 aliphatic heterocycles. The number of thiazole rings is 1. The molecule has 3 aromatic rings. The number of nitrogens with zero attached hydrogens (tertiary/aromatic N) is 3. The Morgan fingerprint density at radius 1 is 1.22 bits per heavy atom. The number of aryl methyl sites for hydroxylation is 2. The van der Waals surface area contributed by atoms with E-state index in [9.17, 15) is 14.0 Å². The van der Waals surface area contributed by atoms with Crippen molar-refractivity contribution < 1.29 is 14.0 Å². The predicted octanol–water partition coefficient (Wildman–Crippen LogP) is 5.48. The minimum Gasteiger partial charge on any atom is -0.300 e. The zero-order valence-corrected chi connectivity index (χ0v) is 19.2. The average Bonchev–Trinajstić information content (AvgIpc) is 3.33. The topological polar surface area (TPSA) is 74.7 Å². The van der Waals surface area contributed by atoms with Gasteiger partial charge in [0.25, 0.3) is 5.91 Å². The first-order chi connectivity index (χ1) is 15.3. The van der Waals surface area contributed by atoms with Gasteiger partial charge in [-0.15, -0.1) is 11.3 Å². The first kappa shape index (κ1) is 21.9. The first-order valence-electron chi connectivity index (χ1n) is 9.69. The Kier molecular flexibility index (Phi) is 6.20. The van der Waals surface area contributed by atoms with Crippen LogP contribution in [0.4, 0.5) is 20.9 Å². The van der Waals surface area contributed by atoms with E-state index < -0.39 is 5.82 Å². The van der Waals surface area contributed by atoms with Gasteiger partial charge in [0.05, 0.1) is 22.0 Å². The van der Waals surface area contributed by atoms with E-state index in [4.69, 9.17) is 0 Å². The molecule has 4 rings (SSSR count). The Labute approximate surface area is 192 Å². The molecule has 2 heterocycles. The molecule has 0 saturated carbocycles. The van der Waals surface area contributed by atoms with Crippen LogP contribution in [0, 0.1) is 19.7 Å². The van der Waals surface area contributed by atoms with Crippen LogP contribution in [0.15, 0.2) is 57.7 Å². The summed E-state index contributed by atoms with van der Waals surface area (Å²) in [5.41, 5.74) is 3.52. The summed E-state index contributed by atoms with van der Waals surface area (Å²) in [6.07, 6.45) is 1.63. The monoisotopic (exact) mass is 466 g/mol. The van der Waals surface area contributed by atoms with Gasteiger partial charge in [0.1, 0.15) is 5.82 Å². The number of carbonyl (C=O) groups is 2. The summed E-state index contributed by atoms with van der Waals surface area (Å²) in [6.45, 7) is 5.30. The van der Waals surface area contributed by atoms with E-state index in [1.165, 1.54) is 47.1 Å². The van der Waals surface area contributed by atoms with Crippen molar-refractivity contribution in [3.63, 3.8) is 0 Å². The van der Waals surface area contributed by atoms with Crippen molar-refractivity contribution in [1.82, 2.24) is 10.3 Å². The molecule has 162 valence electrons. The van der Waals surface area contributed by atoms with Crippen LogP contribution in [0.25, 0.3) is 6.08 Å². The number of anilines is 2. The first-order valence-corrected chi connectivity index (χ1v) is 11.4. The van der Waals surface area contributed by atoms with E-state index in [0.29, 0.717) is 20.9 Å². The van der Waals surface area contributed by atoms with Crippen LogP contribution in [0.1, 0.15) is 23.7 Å². The van der Waals surface area contributed by atoms with E-state index >= 15 is 0 Å². The third-order valence-electron chi connectivity index (χ3n) is 4.63. The number of halogens is 1. The van der Waals surface area contributed by atoms with E-state index in [-0.39, 0.29) is 17.5 Å². The highest BCUT2D eigenvalue weighted by atomic mass is 32.2. The van der Waals surface area contributed by atoms with Crippen LogP contribution in [0.2, 0.25) is 0 Å². The van der Waals surface area contributed by atoms with Crippen LogP contribution in [0.3, 0.4) is 0 Å². The maximum absolute atomic E-state index is 14.2.